The van der Waals surface area contributed by atoms with Gasteiger partial charge >= 0.3 is 0 Å². The van der Waals surface area contributed by atoms with Crippen LogP contribution in [0, 0.1) is 6.92 Å². The van der Waals surface area contributed by atoms with Crippen LogP contribution in [0.15, 0.2) is 12.1 Å². The second-order valence-corrected chi connectivity index (χ2v) is 3.98. The largest absolute Gasteiger partial charge is 0.281 e. The van der Waals surface area contributed by atoms with Crippen LogP contribution >= 0.6 is 34.8 Å². The molecule has 0 N–H and O–H groups in total. The molecule has 0 aliphatic carbocycles. The zero-order valence-electron chi connectivity index (χ0n) is 6.90. The number of hydrogen-bond acceptors (Lipinski definition) is 1. The van der Waals surface area contributed by atoms with Gasteiger partial charge in [0.15, 0.2) is 0 Å². The number of aryl methyl sites for hydroxylation is 1. The average Bonchev–Trinajstić information content (AvgIpc) is 1.96. The molecule has 0 aliphatic rings. The summed E-state index contributed by atoms with van der Waals surface area (Å²) in [6.45, 7) is 1.84. The van der Waals surface area contributed by atoms with E-state index in [4.69, 9.17) is 34.8 Å². The van der Waals surface area contributed by atoms with Gasteiger partial charge < -0.3 is 0 Å². The monoisotopic (exact) mass is 236 g/mol. The second kappa shape index (κ2) is 4.32. The lowest BCUT2D eigenvalue weighted by atomic mass is 10.1. The smallest absolute Gasteiger partial charge is 0.226 e. The van der Waals surface area contributed by atoms with E-state index >= 15 is 0 Å². The highest BCUT2D eigenvalue weighted by Crippen LogP contribution is 2.25. The summed E-state index contributed by atoms with van der Waals surface area (Å²) in [4.78, 5) is 10.7. The van der Waals surface area contributed by atoms with Crippen molar-refractivity contribution in [2.24, 2.45) is 0 Å². The molecule has 0 amide bonds. The fourth-order valence-electron chi connectivity index (χ4n) is 1.09. The molecular formula is C9H7Cl3O. The third-order valence-corrected chi connectivity index (χ3v) is 2.39. The first-order valence-electron chi connectivity index (χ1n) is 3.63. The zero-order valence-corrected chi connectivity index (χ0v) is 9.17. The van der Waals surface area contributed by atoms with Crippen LogP contribution in [-0.2, 0) is 11.2 Å². The summed E-state index contributed by atoms with van der Waals surface area (Å²) in [6, 6.07) is 3.36. The Bertz CT molecular complexity index is 324. The van der Waals surface area contributed by atoms with Crippen molar-refractivity contribution >= 4 is 40.0 Å². The number of halogens is 3. The van der Waals surface area contributed by atoms with Gasteiger partial charge in [0.1, 0.15) is 0 Å². The minimum atomic E-state index is -0.424. The predicted octanol–water partition coefficient (Wildman–Crippen LogP) is 3.61. The van der Waals surface area contributed by atoms with Gasteiger partial charge in [-0.05, 0) is 41.8 Å². The molecule has 0 heterocycles. The van der Waals surface area contributed by atoms with Crippen LogP contribution in [0.4, 0.5) is 0 Å². The van der Waals surface area contributed by atoms with Gasteiger partial charge in [0, 0.05) is 16.5 Å². The molecule has 0 saturated carbocycles. The number of carbonyl (C=O) groups is 1. The summed E-state index contributed by atoms with van der Waals surface area (Å²) in [6.07, 6.45) is 0.142. The van der Waals surface area contributed by atoms with Gasteiger partial charge in [0.25, 0.3) is 0 Å². The van der Waals surface area contributed by atoms with Crippen LogP contribution in [-0.4, -0.2) is 5.24 Å². The molecule has 1 nitrogen and oxygen atoms in total. The van der Waals surface area contributed by atoms with Crippen LogP contribution in [0.5, 0.6) is 0 Å². The summed E-state index contributed by atoms with van der Waals surface area (Å²) in [5, 5.41) is 0.625. The van der Waals surface area contributed by atoms with Gasteiger partial charge in [-0.25, -0.2) is 0 Å². The van der Waals surface area contributed by atoms with Gasteiger partial charge in [0.2, 0.25) is 5.24 Å². The molecule has 0 fully saturated rings. The van der Waals surface area contributed by atoms with Crippen molar-refractivity contribution in [2.45, 2.75) is 13.3 Å². The zero-order chi connectivity index (χ0) is 10.0. The third-order valence-electron chi connectivity index (χ3n) is 1.70. The molecular weight excluding hydrogens is 230 g/mol. The van der Waals surface area contributed by atoms with E-state index in [-0.39, 0.29) is 6.42 Å². The van der Waals surface area contributed by atoms with Crippen molar-refractivity contribution in [3.8, 4) is 0 Å². The molecule has 70 valence electrons. The van der Waals surface area contributed by atoms with Crippen molar-refractivity contribution in [3.63, 3.8) is 0 Å². The summed E-state index contributed by atoms with van der Waals surface area (Å²) in [5.74, 6) is 0. The van der Waals surface area contributed by atoms with Crippen molar-refractivity contribution in [1.29, 1.82) is 0 Å². The molecule has 0 aromatic heterocycles. The maximum absolute atomic E-state index is 10.7. The van der Waals surface area contributed by atoms with E-state index in [0.717, 1.165) is 11.1 Å². The van der Waals surface area contributed by atoms with Crippen LogP contribution in [0.2, 0.25) is 10.0 Å². The summed E-state index contributed by atoms with van der Waals surface area (Å²) in [7, 11) is 0. The Morgan fingerprint density at radius 2 is 2.00 bits per heavy atom. The number of carbonyl (C=O) groups excluding carboxylic acids is 1. The summed E-state index contributed by atoms with van der Waals surface area (Å²) in [5.41, 5.74) is 1.62. The predicted molar refractivity (Wildman–Crippen MR) is 55.8 cm³/mol. The van der Waals surface area contributed by atoms with Crippen molar-refractivity contribution in [3.05, 3.63) is 33.3 Å². The van der Waals surface area contributed by atoms with Gasteiger partial charge in [-0.2, -0.15) is 0 Å². The van der Waals surface area contributed by atoms with E-state index in [1.807, 2.05) is 6.92 Å². The van der Waals surface area contributed by atoms with E-state index in [0.29, 0.717) is 10.0 Å². The Labute approximate surface area is 91.6 Å². The van der Waals surface area contributed by atoms with Crippen LogP contribution in [0.3, 0.4) is 0 Å². The fraction of sp³-hybridized carbons (Fsp3) is 0.222. The Morgan fingerprint density at radius 1 is 1.38 bits per heavy atom. The van der Waals surface area contributed by atoms with Crippen LogP contribution in [0.1, 0.15) is 11.1 Å². The minimum Gasteiger partial charge on any atom is -0.281 e. The molecule has 0 spiro atoms. The topological polar surface area (TPSA) is 17.1 Å². The standard InChI is InChI=1S/C9H7Cl3O/c1-5-2-6(10)3-8(11)7(5)4-9(12)13/h2-3H,4H2,1H3. The highest BCUT2D eigenvalue weighted by Gasteiger charge is 2.08. The SMILES string of the molecule is Cc1cc(Cl)cc(Cl)c1CC(=O)Cl. The highest BCUT2D eigenvalue weighted by molar-refractivity contribution is 6.63. The Morgan fingerprint density at radius 3 is 2.46 bits per heavy atom. The van der Waals surface area contributed by atoms with Crippen LogP contribution < -0.4 is 0 Å². The van der Waals surface area contributed by atoms with Gasteiger partial charge in [-0.15, -0.1) is 0 Å². The number of rotatable bonds is 2. The van der Waals surface area contributed by atoms with E-state index in [1.165, 1.54) is 0 Å². The van der Waals surface area contributed by atoms with Crippen LogP contribution in [0.25, 0.3) is 0 Å². The molecule has 4 heteroatoms. The summed E-state index contributed by atoms with van der Waals surface area (Å²) < 4.78 is 0. The molecule has 1 aromatic rings. The van der Waals surface area contributed by atoms with Crippen molar-refractivity contribution < 1.29 is 4.79 Å². The third kappa shape index (κ3) is 2.87. The average molecular weight is 238 g/mol. The summed E-state index contributed by atoms with van der Waals surface area (Å²) >= 11 is 16.9. The first-order chi connectivity index (χ1) is 6.00. The highest BCUT2D eigenvalue weighted by atomic mass is 35.5. The normalized spacial score (nSPS) is 10.2. The molecule has 1 rings (SSSR count). The van der Waals surface area contributed by atoms with E-state index < -0.39 is 5.24 Å². The van der Waals surface area contributed by atoms with Crippen molar-refractivity contribution in [1.82, 2.24) is 0 Å². The Balaban J connectivity index is 3.13. The maximum Gasteiger partial charge on any atom is 0.226 e. The minimum absolute atomic E-state index is 0.142. The lowest BCUT2D eigenvalue weighted by Gasteiger charge is -2.05. The van der Waals surface area contributed by atoms with E-state index in [2.05, 4.69) is 0 Å². The van der Waals surface area contributed by atoms with E-state index in [9.17, 15) is 4.79 Å². The Kier molecular flexibility index (Phi) is 3.60. The van der Waals surface area contributed by atoms with E-state index in [1.54, 1.807) is 12.1 Å². The van der Waals surface area contributed by atoms with Gasteiger partial charge in [-0.3, -0.25) is 4.79 Å². The van der Waals surface area contributed by atoms with Crippen molar-refractivity contribution in [2.75, 3.05) is 0 Å². The molecule has 0 aliphatic heterocycles. The molecule has 0 bridgehead atoms. The van der Waals surface area contributed by atoms with Gasteiger partial charge in [0.05, 0.1) is 0 Å². The van der Waals surface area contributed by atoms with Gasteiger partial charge in [-0.1, -0.05) is 23.2 Å². The first kappa shape index (κ1) is 10.8. The Hall–Kier alpha value is -0.240. The lowest BCUT2D eigenvalue weighted by Crippen LogP contribution is -1.97. The molecule has 13 heavy (non-hydrogen) atoms. The molecule has 0 atom stereocenters. The quantitative estimate of drug-likeness (QED) is 0.718. The molecule has 1 aromatic carbocycles. The number of benzene rings is 1. The lowest BCUT2D eigenvalue weighted by molar-refractivity contribution is -0.111. The maximum atomic E-state index is 10.7. The fourth-order valence-corrected chi connectivity index (χ4v) is 1.89. The molecule has 0 unspecified atom stereocenters. The molecule has 0 saturated heterocycles. The number of hydrogen-bond donors (Lipinski definition) is 0. The first-order valence-corrected chi connectivity index (χ1v) is 4.77. The second-order valence-electron chi connectivity index (χ2n) is 2.71. The molecule has 0 radical (unpaired) electrons.